The van der Waals surface area contributed by atoms with Crippen molar-refractivity contribution < 1.29 is 14.3 Å². The number of carbonyl (C=O) groups excluding carboxylic acids is 1. The molecule has 0 bridgehead atoms. The number of hydrogen-bond acceptors (Lipinski definition) is 4. The summed E-state index contributed by atoms with van der Waals surface area (Å²) >= 11 is 0. The summed E-state index contributed by atoms with van der Waals surface area (Å²) in [5, 5.41) is 3.04. The Morgan fingerprint density at radius 2 is 1.67 bits per heavy atom. The second-order valence-corrected chi connectivity index (χ2v) is 5.34. The minimum Gasteiger partial charge on any atom is -0.490 e. The van der Waals surface area contributed by atoms with Gasteiger partial charge in [-0.1, -0.05) is 30.3 Å². The molecule has 24 heavy (non-hydrogen) atoms. The molecule has 0 fully saturated rings. The number of rotatable bonds is 9. The average Bonchev–Trinajstić information content (AvgIpc) is 2.64. The quantitative estimate of drug-likeness (QED) is 0.718. The summed E-state index contributed by atoms with van der Waals surface area (Å²) in [6.45, 7) is 2.18. The molecule has 0 aliphatic heterocycles. The molecule has 5 nitrogen and oxygen atoms in total. The van der Waals surface area contributed by atoms with E-state index in [1.165, 1.54) is 0 Å². The zero-order valence-corrected chi connectivity index (χ0v) is 14.2. The van der Waals surface area contributed by atoms with Crippen molar-refractivity contribution in [2.24, 2.45) is 0 Å². The second-order valence-electron chi connectivity index (χ2n) is 5.34. The SMILES string of the molecule is CNCCN(C)C(=O)c1ccccc1OCCOc1ccccc1. The summed E-state index contributed by atoms with van der Waals surface area (Å²) in [6, 6.07) is 16.9. The van der Waals surface area contributed by atoms with Crippen molar-refractivity contribution in [2.75, 3.05) is 40.4 Å². The van der Waals surface area contributed by atoms with Crippen molar-refractivity contribution in [3.63, 3.8) is 0 Å². The van der Waals surface area contributed by atoms with Gasteiger partial charge in [-0.25, -0.2) is 0 Å². The third-order valence-electron chi connectivity index (χ3n) is 3.51. The summed E-state index contributed by atoms with van der Waals surface area (Å²) in [6.07, 6.45) is 0. The van der Waals surface area contributed by atoms with Crippen LogP contribution in [0.4, 0.5) is 0 Å². The molecule has 0 spiro atoms. The third-order valence-corrected chi connectivity index (χ3v) is 3.51. The van der Waals surface area contributed by atoms with Crippen LogP contribution < -0.4 is 14.8 Å². The summed E-state index contributed by atoms with van der Waals surface area (Å²) in [5.41, 5.74) is 0.566. The van der Waals surface area contributed by atoms with Gasteiger partial charge in [0.2, 0.25) is 0 Å². The molecular weight excluding hydrogens is 304 g/mol. The van der Waals surface area contributed by atoms with E-state index in [1.807, 2.05) is 55.6 Å². The van der Waals surface area contributed by atoms with Gasteiger partial charge in [-0.05, 0) is 31.3 Å². The zero-order valence-electron chi connectivity index (χ0n) is 14.2. The number of likely N-dealkylation sites (N-methyl/N-ethyl adjacent to an activating group) is 2. The molecule has 0 aliphatic rings. The van der Waals surface area contributed by atoms with Gasteiger partial charge in [0.1, 0.15) is 24.7 Å². The number of ether oxygens (including phenoxy) is 2. The summed E-state index contributed by atoms with van der Waals surface area (Å²) in [5.74, 6) is 1.33. The lowest BCUT2D eigenvalue weighted by atomic mass is 10.2. The van der Waals surface area contributed by atoms with Gasteiger partial charge in [-0.2, -0.15) is 0 Å². The van der Waals surface area contributed by atoms with E-state index in [9.17, 15) is 4.79 Å². The van der Waals surface area contributed by atoms with Crippen LogP contribution in [-0.4, -0.2) is 51.2 Å². The van der Waals surface area contributed by atoms with Crippen molar-refractivity contribution >= 4 is 5.91 Å². The van der Waals surface area contributed by atoms with Crippen molar-refractivity contribution in [3.05, 3.63) is 60.2 Å². The van der Waals surface area contributed by atoms with Gasteiger partial charge in [-0.15, -0.1) is 0 Å². The lowest BCUT2D eigenvalue weighted by molar-refractivity contribution is 0.0791. The van der Waals surface area contributed by atoms with Gasteiger partial charge in [0.15, 0.2) is 0 Å². The number of hydrogen-bond donors (Lipinski definition) is 1. The van der Waals surface area contributed by atoms with E-state index in [-0.39, 0.29) is 5.91 Å². The minimum atomic E-state index is -0.0511. The van der Waals surface area contributed by atoms with E-state index in [4.69, 9.17) is 9.47 Å². The minimum absolute atomic E-state index is 0.0511. The fraction of sp³-hybridized carbons (Fsp3) is 0.316. The van der Waals surface area contributed by atoms with Crippen LogP contribution >= 0.6 is 0 Å². The zero-order chi connectivity index (χ0) is 17.2. The highest BCUT2D eigenvalue weighted by Crippen LogP contribution is 2.19. The Labute approximate surface area is 143 Å². The molecule has 0 unspecified atom stereocenters. The highest BCUT2D eigenvalue weighted by atomic mass is 16.5. The van der Waals surface area contributed by atoms with Crippen LogP contribution in [0.15, 0.2) is 54.6 Å². The molecule has 5 heteroatoms. The van der Waals surface area contributed by atoms with Gasteiger partial charge < -0.3 is 19.7 Å². The predicted octanol–water partition coefficient (Wildman–Crippen LogP) is 2.44. The van der Waals surface area contributed by atoms with E-state index in [0.717, 1.165) is 12.3 Å². The maximum Gasteiger partial charge on any atom is 0.257 e. The van der Waals surface area contributed by atoms with Crippen LogP contribution in [0, 0.1) is 0 Å². The summed E-state index contributed by atoms with van der Waals surface area (Å²) in [7, 11) is 3.65. The van der Waals surface area contributed by atoms with Crippen LogP contribution in [0.5, 0.6) is 11.5 Å². The van der Waals surface area contributed by atoms with Crippen molar-refractivity contribution in [3.8, 4) is 11.5 Å². The molecule has 128 valence electrons. The highest BCUT2D eigenvalue weighted by Gasteiger charge is 2.16. The standard InChI is InChI=1S/C19H24N2O3/c1-20-12-13-21(2)19(22)17-10-6-7-11-18(17)24-15-14-23-16-8-4-3-5-9-16/h3-11,20H,12-15H2,1-2H3. The summed E-state index contributed by atoms with van der Waals surface area (Å²) < 4.78 is 11.3. The number of benzene rings is 2. The Balaban J connectivity index is 1.90. The van der Waals surface area contributed by atoms with Crippen LogP contribution in [0.1, 0.15) is 10.4 Å². The van der Waals surface area contributed by atoms with E-state index >= 15 is 0 Å². The van der Waals surface area contributed by atoms with E-state index in [1.54, 1.807) is 18.0 Å². The lowest BCUT2D eigenvalue weighted by Crippen LogP contribution is -2.33. The molecule has 0 aromatic heterocycles. The van der Waals surface area contributed by atoms with E-state index < -0.39 is 0 Å². The first-order valence-electron chi connectivity index (χ1n) is 8.02. The fourth-order valence-corrected chi connectivity index (χ4v) is 2.18. The molecule has 0 atom stereocenters. The number of para-hydroxylation sites is 2. The Morgan fingerprint density at radius 3 is 2.42 bits per heavy atom. The largest absolute Gasteiger partial charge is 0.490 e. The molecule has 0 aliphatic carbocycles. The predicted molar refractivity (Wildman–Crippen MR) is 94.8 cm³/mol. The Kier molecular flexibility index (Phi) is 7.11. The first kappa shape index (κ1) is 17.8. The van der Waals surface area contributed by atoms with Crippen LogP contribution in [-0.2, 0) is 0 Å². The van der Waals surface area contributed by atoms with Crippen LogP contribution in [0.25, 0.3) is 0 Å². The first-order valence-corrected chi connectivity index (χ1v) is 8.02. The highest BCUT2D eigenvalue weighted by molar-refractivity contribution is 5.96. The Hall–Kier alpha value is -2.53. The van der Waals surface area contributed by atoms with Crippen LogP contribution in [0.2, 0.25) is 0 Å². The molecule has 0 radical (unpaired) electrons. The van der Waals surface area contributed by atoms with E-state index in [0.29, 0.717) is 31.1 Å². The van der Waals surface area contributed by atoms with Crippen LogP contribution in [0.3, 0.4) is 0 Å². The molecule has 2 aromatic carbocycles. The Bertz CT molecular complexity index is 632. The third kappa shape index (κ3) is 5.28. The van der Waals surface area contributed by atoms with Crippen molar-refractivity contribution in [1.82, 2.24) is 10.2 Å². The molecule has 2 rings (SSSR count). The smallest absolute Gasteiger partial charge is 0.257 e. The number of nitrogens with one attached hydrogen (secondary N) is 1. The molecular formula is C19H24N2O3. The monoisotopic (exact) mass is 328 g/mol. The number of carbonyl (C=O) groups is 1. The number of nitrogens with zero attached hydrogens (tertiary/aromatic N) is 1. The molecule has 0 saturated carbocycles. The molecule has 0 heterocycles. The molecule has 0 saturated heterocycles. The van der Waals surface area contributed by atoms with Gasteiger partial charge in [-0.3, -0.25) is 4.79 Å². The normalized spacial score (nSPS) is 10.2. The molecule has 2 aromatic rings. The van der Waals surface area contributed by atoms with Gasteiger partial charge in [0.05, 0.1) is 5.56 Å². The summed E-state index contributed by atoms with van der Waals surface area (Å²) in [4.78, 5) is 14.2. The first-order chi connectivity index (χ1) is 11.7. The second kappa shape index (κ2) is 9.57. The maximum absolute atomic E-state index is 12.5. The molecule has 1 amide bonds. The van der Waals surface area contributed by atoms with Gasteiger partial charge in [0.25, 0.3) is 5.91 Å². The van der Waals surface area contributed by atoms with Gasteiger partial charge >= 0.3 is 0 Å². The van der Waals surface area contributed by atoms with Crippen molar-refractivity contribution in [2.45, 2.75) is 0 Å². The average molecular weight is 328 g/mol. The fourth-order valence-electron chi connectivity index (χ4n) is 2.18. The Morgan fingerprint density at radius 1 is 1.00 bits per heavy atom. The maximum atomic E-state index is 12.5. The van der Waals surface area contributed by atoms with Gasteiger partial charge in [0, 0.05) is 20.1 Å². The van der Waals surface area contributed by atoms with Crippen molar-refractivity contribution in [1.29, 1.82) is 0 Å². The molecule has 1 N–H and O–H groups in total. The van der Waals surface area contributed by atoms with E-state index in [2.05, 4.69) is 5.32 Å². The lowest BCUT2D eigenvalue weighted by Gasteiger charge is -2.19. The number of amides is 1. The topological polar surface area (TPSA) is 50.8 Å².